The molecule has 2 unspecified atom stereocenters. The van der Waals surface area contributed by atoms with E-state index in [0.717, 1.165) is 64.1 Å². The second kappa shape index (κ2) is 12.2. The van der Waals surface area contributed by atoms with Gasteiger partial charge in [0.15, 0.2) is 5.79 Å². The Hall–Kier alpha value is -1.40. The first-order valence-electron chi connectivity index (χ1n) is 14.3. The van der Waals surface area contributed by atoms with Gasteiger partial charge in [0.2, 0.25) is 6.41 Å². The van der Waals surface area contributed by atoms with Crippen molar-refractivity contribution in [2.75, 3.05) is 13.2 Å². The minimum atomic E-state index is -0.342. The molecule has 3 aliphatic carbocycles. The van der Waals surface area contributed by atoms with Crippen LogP contribution in [0.5, 0.6) is 0 Å². The van der Waals surface area contributed by atoms with E-state index in [4.69, 9.17) is 14.6 Å². The molecule has 1 saturated heterocycles. The first-order chi connectivity index (χ1) is 16.7. The Labute approximate surface area is 213 Å². The molecule has 5 rings (SSSR count). The molecule has 200 valence electrons. The number of carbonyl (C=O) groups is 1. The maximum Gasteiger partial charge on any atom is 0.207 e. The molecule has 1 spiro atoms. The molecule has 6 nitrogen and oxygen atoms in total. The van der Waals surface area contributed by atoms with Crippen molar-refractivity contribution in [3.8, 4) is 0 Å². The molecule has 0 radical (unpaired) electrons. The number of nitrogens with one attached hydrogen (secondary N) is 1. The van der Waals surface area contributed by atoms with E-state index in [-0.39, 0.29) is 11.3 Å². The molecule has 3 fully saturated rings. The summed E-state index contributed by atoms with van der Waals surface area (Å²) < 4.78 is 14.2. The minimum absolute atomic E-state index is 0.0553. The summed E-state index contributed by atoms with van der Waals surface area (Å²) in [6.45, 7) is 14.5. The van der Waals surface area contributed by atoms with Gasteiger partial charge in [-0.2, -0.15) is 5.10 Å². The average molecular weight is 490 g/mol. The fourth-order valence-electron chi connectivity index (χ4n) is 6.39. The second-order valence-electron chi connectivity index (χ2n) is 12.1. The summed E-state index contributed by atoms with van der Waals surface area (Å²) in [4.78, 5) is 10.4. The third kappa shape index (κ3) is 7.09. The van der Waals surface area contributed by atoms with E-state index in [9.17, 15) is 4.79 Å². The van der Waals surface area contributed by atoms with Gasteiger partial charge >= 0.3 is 0 Å². The highest BCUT2D eigenvalue weighted by molar-refractivity contribution is 5.48. The fourth-order valence-corrected chi connectivity index (χ4v) is 6.39. The second-order valence-corrected chi connectivity index (χ2v) is 12.1. The molecule has 6 heteroatoms. The smallest absolute Gasteiger partial charge is 0.207 e. The molecule has 2 atom stereocenters. The quantitative estimate of drug-likeness (QED) is 0.501. The molecule has 2 heterocycles. The third-order valence-electron chi connectivity index (χ3n) is 8.52. The van der Waals surface area contributed by atoms with Gasteiger partial charge in [-0.25, -0.2) is 0 Å². The number of aromatic nitrogens is 2. The van der Waals surface area contributed by atoms with Gasteiger partial charge in [0.25, 0.3) is 0 Å². The first-order valence-corrected chi connectivity index (χ1v) is 14.3. The van der Waals surface area contributed by atoms with Gasteiger partial charge in [0.1, 0.15) is 0 Å². The van der Waals surface area contributed by atoms with E-state index in [2.05, 4.69) is 43.9 Å². The number of rotatable bonds is 3. The lowest BCUT2D eigenvalue weighted by Gasteiger charge is -2.29. The molecular formula is C29H51N3O3. The zero-order chi connectivity index (χ0) is 25.5. The Morgan fingerprint density at radius 2 is 1.74 bits per heavy atom. The maximum atomic E-state index is 10.4. The SMILES string of the molecule is CC.CC1(NC=O)CCC(C(C)(C)C)C1.c1nn(C2CCCCC2)c2c1CC1(CCC2)OCCO1. The van der Waals surface area contributed by atoms with Crippen LogP contribution >= 0.6 is 0 Å². The van der Waals surface area contributed by atoms with Crippen LogP contribution in [0.25, 0.3) is 0 Å². The zero-order valence-corrected chi connectivity index (χ0v) is 23.3. The van der Waals surface area contributed by atoms with E-state index in [0.29, 0.717) is 11.5 Å². The van der Waals surface area contributed by atoms with Gasteiger partial charge in [0.05, 0.1) is 25.5 Å². The van der Waals surface area contributed by atoms with Crippen molar-refractivity contribution in [2.45, 2.75) is 136 Å². The van der Waals surface area contributed by atoms with Gasteiger partial charge < -0.3 is 14.8 Å². The molecule has 0 bridgehead atoms. The highest BCUT2D eigenvalue weighted by Crippen LogP contribution is 2.43. The van der Waals surface area contributed by atoms with Gasteiger partial charge in [-0.05, 0) is 68.8 Å². The first kappa shape index (κ1) is 28.2. The number of hydrogen-bond donors (Lipinski definition) is 1. The Balaban J connectivity index is 0.000000199. The van der Waals surface area contributed by atoms with Crippen molar-refractivity contribution in [3.05, 3.63) is 17.5 Å². The lowest BCUT2D eigenvalue weighted by molar-refractivity contribution is -0.160. The summed E-state index contributed by atoms with van der Waals surface area (Å²) >= 11 is 0. The summed E-state index contributed by atoms with van der Waals surface area (Å²) in [5, 5.41) is 7.67. The Morgan fingerprint density at radius 3 is 2.34 bits per heavy atom. The summed E-state index contributed by atoms with van der Waals surface area (Å²) in [5.74, 6) is 0.399. The van der Waals surface area contributed by atoms with Crippen LogP contribution in [0.15, 0.2) is 6.20 Å². The van der Waals surface area contributed by atoms with Gasteiger partial charge in [-0.1, -0.05) is 53.9 Å². The van der Waals surface area contributed by atoms with Crippen LogP contribution in [0, 0.1) is 11.3 Å². The van der Waals surface area contributed by atoms with Gasteiger partial charge in [-0.15, -0.1) is 0 Å². The van der Waals surface area contributed by atoms with Crippen molar-refractivity contribution < 1.29 is 14.3 Å². The van der Waals surface area contributed by atoms with E-state index in [1.807, 2.05) is 13.8 Å². The van der Waals surface area contributed by atoms with Crippen molar-refractivity contribution in [2.24, 2.45) is 11.3 Å². The number of carbonyl (C=O) groups excluding carboxylic acids is 1. The van der Waals surface area contributed by atoms with Crippen LogP contribution in [0.4, 0.5) is 0 Å². The molecule has 0 aromatic carbocycles. The largest absolute Gasteiger partial charge is 0.354 e. The molecule has 1 N–H and O–H groups in total. The highest BCUT2D eigenvalue weighted by Gasteiger charge is 2.40. The number of ether oxygens (including phenoxy) is 2. The highest BCUT2D eigenvalue weighted by atomic mass is 16.7. The summed E-state index contributed by atoms with van der Waals surface area (Å²) in [6.07, 6.45) is 17.3. The van der Waals surface area contributed by atoms with Gasteiger partial charge in [-0.3, -0.25) is 9.48 Å². The van der Waals surface area contributed by atoms with Crippen LogP contribution in [0.2, 0.25) is 0 Å². The van der Waals surface area contributed by atoms with Crippen LogP contribution in [-0.2, 0) is 27.1 Å². The maximum absolute atomic E-state index is 10.4. The van der Waals surface area contributed by atoms with E-state index >= 15 is 0 Å². The zero-order valence-electron chi connectivity index (χ0n) is 23.3. The van der Waals surface area contributed by atoms with E-state index in [1.54, 1.807) is 0 Å². The fraction of sp³-hybridized carbons (Fsp3) is 0.862. The van der Waals surface area contributed by atoms with Crippen molar-refractivity contribution in [1.29, 1.82) is 0 Å². The number of amides is 1. The monoisotopic (exact) mass is 489 g/mol. The molecule has 35 heavy (non-hydrogen) atoms. The predicted octanol–water partition coefficient (Wildman–Crippen LogP) is 6.37. The summed E-state index contributed by atoms with van der Waals surface area (Å²) in [6, 6.07) is 0.631. The molecule has 4 aliphatic rings. The van der Waals surface area contributed by atoms with Crippen LogP contribution in [0.3, 0.4) is 0 Å². The Morgan fingerprint density at radius 1 is 1.06 bits per heavy atom. The number of nitrogens with zero attached hydrogens (tertiary/aromatic N) is 2. The summed E-state index contributed by atoms with van der Waals surface area (Å²) in [5.41, 5.74) is 3.24. The van der Waals surface area contributed by atoms with E-state index in [1.165, 1.54) is 49.8 Å². The van der Waals surface area contributed by atoms with Gasteiger partial charge in [0, 0.05) is 24.1 Å². The normalized spacial score (nSPS) is 28.2. The molecular weight excluding hydrogens is 438 g/mol. The molecule has 1 aromatic heterocycles. The number of fused-ring (bicyclic) bond motifs is 1. The van der Waals surface area contributed by atoms with Crippen molar-refractivity contribution >= 4 is 6.41 Å². The van der Waals surface area contributed by atoms with E-state index < -0.39 is 0 Å². The molecule has 1 aromatic rings. The molecule has 2 saturated carbocycles. The lowest BCUT2D eigenvalue weighted by Crippen LogP contribution is -2.39. The third-order valence-corrected chi connectivity index (χ3v) is 8.52. The Kier molecular flexibility index (Phi) is 9.84. The minimum Gasteiger partial charge on any atom is -0.354 e. The van der Waals surface area contributed by atoms with Crippen LogP contribution < -0.4 is 5.32 Å². The van der Waals surface area contributed by atoms with Crippen molar-refractivity contribution in [3.63, 3.8) is 0 Å². The predicted molar refractivity (Wildman–Crippen MR) is 141 cm³/mol. The topological polar surface area (TPSA) is 65.4 Å². The Bertz CT molecular complexity index is 788. The lowest BCUT2D eigenvalue weighted by atomic mass is 9.79. The standard InChI is InChI=1S/C16H24N2O2.C11H21NO.C2H6/c1-2-5-14(6-3-1)18-15-7-4-8-16(19-9-10-20-16)11-13(15)12-17-18;1-10(2,3)9-5-6-11(4,7-9)12-8-13;1-2/h12,14H,1-11H2;8-9H,5-7H2,1-4H3,(H,12,13);1-2H3. The molecule has 1 amide bonds. The average Bonchev–Trinajstić information content (AvgIpc) is 3.54. The number of hydrogen-bond acceptors (Lipinski definition) is 4. The van der Waals surface area contributed by atoms with Crippen LogP contribution in [0.1, 0.15) is 123 Å². The summed E-state index contributed by atoms with van der Waals surface area (Å²) in [7, 11) is 0. The van der Waals surface area contributed by atoms with Crippen molar-refractivity contribution in [1.82, 2.24) is 15.1 Å². The van der Waals surface area contributed by atoms with Crippen LogP contribution in [-0.4, -0.2) is 40.7 Å². The molecule has 1 aliphatic heterocycles.